The Labute approximate surface area is 171 Å². The van der Waals surface area contributed by atoms with Gasteiger partial charge in [0, 0.05) is 18.5 Å². The molecule has 0 spiro atoms. The van der Waals surface area contributed by atoms with Crippen LogP contribution >= 0.6 is 0 Å². The summed E-state index contributed by atoms with van der Waals surface area (Å²) in [7, 11) is 4.11. The molecule has 1 fully saturated rings. The van der Waals surface area contributed by atoms with E-state index in [-0.39, 0.29) is 12.8 Å². The maximum absolute atomic E-state index is 12.3. The summed E-state index contributed by atoms with van der Waals surface area (Å²) in [5.41, 5.74) is 1.04. The Morgan fingerprint density at radius 3 is 2.59 bits per heavy atom. The molecule has 29 heavy (non-hydrogen) atoms. The Bertz CT molecular complexity index is 706. The average molecular weight is 408 g/mol. The van der Waals surface area contributed by atoms with Gasteiger partial charge in [0.25, 0.3) is 0 Å². The minimum Gasteiger partial charge on any atom is -0.454 e. The van der Waals surface area contributed by atoms with Crippen molar-refractivity contribution in [2.75, 3.05) is 66.8 Å². The van der Waals surface area contributed by atoms with Gasteiger partial charge in [0.2, 0.25) is 6.79 Å². The van der Waals surface area contributed by atoms with Gasteiger partial charge in [-0.3, -0.25) is 9.59 Å². The van der Waals surface area contributed by atoms with Crippen molar-refractivity contribution in [2.45, 2.75) is 12.5 Å². The maximum atomic E-state index is 12.3. The molecule has 2 heterocycles. The first kappa shape index (κ1) is 21.4. The molecule has 2 aliphatic heterocycles. The lowest BCUT2D eigenvalue weighted by Gasteiger charge is -2.32. The zero-order chi connectivity index (χ0) is 20.6. The summed E-state index contributed by atoms with van der Waals surface area (Å²) in [4.78, 5) is 27.0. The average Bonchev–Trinajstić information content (AvgIpc) is 3.19. The Kier molecular flexibility index (Phi) is 7.68. The number of nitrogens with one attached hydrogen (secondary N) is 4. The molecule has 9 nitrogen and oxygen atoms in total. The molecular weight excluding hydrogens is 376 g/mol. The molecule has 1 saturated heterocycles. The number of quaternary nitrogens is 2. The van der Waals surface area contributed by atoms with Gasteiger partial charge < -0.3 is 34.6 Å². The minimum absolute atomic E-state index is 0.00231. The second-order valence-corrected chi connectivity index (χ2v) is 7.71. The number of hydrogen-bond donors (Lipinski definition) is 4. The van der Waals surface area contributed by atoms with Crippen LogP contribution in [0, 0.1) is 0 Å². The van der Waals surface area contributed by atoms with Crippen LogP contribution in [0.5, 0.6) is 11.5 Å². The molecular formula is C20H32N4O5+2. The fourth-order valence-corrected chi connectivity index (χ4v) is 3.61. The number of morpholine rings is 1. The van der Waals surface area contributed by atoms with Crippen LogP contribution in [0.4, 0.5) is 0 Å². The van der Waals surface area contributed by atoms with E-state index in [1.165, 1.54) is 9.80 Å². The summed E-state index contributed by atoms with van der Waals surface area (Å²) in [6, 6.07) is 5.86. The molecule has 160 valence electrons. The van der Waals surface area contributed by atoms with Gasteiger partial charge in [0.05, 0.1) is 40.4 Å². The number of ether oxygens (including phenoxy) is 3. The normalized spacial score (nSPS) is 17.2. The largest absolute Gasteiger partial charge is 0.454 e. The van der Waals surface area contributed by atoms with Crippen LogP contribution in [0.3, 0.4) is 0 Å². The lowest BCUT2D eigenvalue weighted by molar-refractivity contribution is -0.937. The van der Waals surface area contributed by atoms with Crippen molar-refractivity contribution in [3.63, 3.8) is 0 Å². The smallest absolute Gasteiger partial charge is 0.309 e. The summed E-state index contributed by atoms with van der Waals surface area (Å²) >= 11 is 0. The van der Waals surface area contributed by atoms with Gasteiger partial charge in [-0.1, -0.05) is 0 Å². The topological polar surface area (TPSA) is 94.8 Å². The number of carbonyl (C=O) groups excluding carboxylic acids is 2. The highest BCUT2D eigenvalue weighted by Crippen LogP contribution is 2.33. The zero-order valence-electron chi connectivity index (χ0n) is 17.2. The van der Waals surface area contributed by atoms with Gasteiger partial charge in [-0.2, -0.15) is 0 Å². The number of hydrogen-bond acceptors (Lipinski definition) is 5. The first-order valence-corrected chi connectivity index (χ1v) is 10.2. The third-order valence-corrected chi connectivity index (χ3v) is 5.24. The first-order chi connectivity index (χ1) is 14.0. The van der Waals surface area contributed by atoms with Crippen molar-refractivity contribution in [1.29, 1.82) is 0 Å². The molecule has 1 aromatic carbocycles. The summed E-state index contributed by atoms with van der Waals surface area (Å²) in [5.74, 6) is 0.264. The Hall–Kier alpha value is -2.36. The van der Waals surface area contributed by atoms with Crippen LogP contribution in [-0.4, -0.2) is 78.6 Å². The summed E-state index contributed by atoms with van der Waals surface area (Å²) in [6.45, 7) is 5.06. The molecule has 9 heteroatoms. The van der Waals surface area contributed by atoms with E-state index in [1.807, 2.05) is 18.2 Å². The number of carbonyl (C=O) groups is 2. The highest BCUT2D eigenvalue weighted by atomic mass is 16.7. The van der Waals surface area contributed by atoms with Crippen molar-refractivity contribution in [1.82, 2.24) is 10.6 Å². The van der Waals surface area contributed by atoms with Crippen LogP contribution in [0.15, 0.2) is 18.2 Å². The highest BCUT2D eigenvalue weighted by molar-refractivity contribution is 6.35. The van der Waals surface area contributed by atoms with Gasteiger partial charge in [-0.15, -0.1) is 0 Å². The Morgan fingerprint density at radius 1 is 1.10 bits per heavy atom. The second kappa shape index (κ2) is 10.4. The van der Waals surface area contributed by atoms with Crippen LogP contribution in [-0.2, 0) is 14.3 Å². The van der Waals surface area contributed by atoms with E-state index < -0.39 is 11.8 Å². The Morgan fingerprint density at radius 2 is 1.83 bits per heavy atom. The van der Waals surface area contributed by atoms with Gasteiger partial charge in [-0.25, -0.2) is 0 Å². The molecule has 1 aromatic rings. The van der Waals surface area contributed by atoms with Gasteiger partial charge >= 0.3 is 11.8 Å². The van der Waals surface area contributed by atoms with Crippen LogP contribution in [0.2, 0.25) is 0 Å². The lowest BCUT2D eigenvalue weighted by atomic mass is 10.0. The molecule has 0 radical (unpaired) electrons. The van der Waals surface area contributed by atoms with Crippen molar-refractivity contribution in [3.05, 3.63) is 23.8 Å². The molecule has 4 N–H and O–H groups in total. The van der Waals surface area contributed by atoms with E-state index in [4.69, 9.17) is 14.2 Å². The number of amides is 2. The standard InChI is InChI=1S/C20H30N4O5/c1-23(2)7-3-6-21-19(25)20(26)22-13-16(24-8-10-27-11-9-24)15-4-5-17-18(12-15)29-14-28-17/h4-5,12,16H,3,6-11,13-14H2,1-2H3,(H,21,25)(H,22,26)/p+2/t16-/m0/s1. The molecule has 0 aliphatic carbocycles. The molecule has 2 aliphatic rings. The molecule has 3 rings (SSSR count). The molecule has 2 amide bonds. The molecule has 1 atom stereocenters. The second-order valence-electron chi connectivity index (χ2n) is 7.71. The van der Waals surface area contributed by atoms with E-state index in [9.17, 15) is 9.59 Å². The van der Waals surface area contributed by atoms with Crippen molar-refractivity contribution < 1.29 is 33.6 Å². The molecule has 0 unspecified atom stereocenters. The number of rotatable bonds is 8. The van der Waals surface area contributed by atoms with E-state index in [0.717, 1.165) is 37.4 Å². The third-order valence-electron chi connectivity index (χ3n) is 5.24. The molecule has 0 bridgehead atoms. The van der Waals surface area contributed by atoms with E-state index in [1.54, 1.807) is 0 Å². The summed E-state index contributed by atoms with van der Waals surface area (Å²) in [6.07, 6.45) is 0.832. The van der Waals surface area contributed by atoms with Crippen molar-refractivity contribution in [2.24, 2.45) is 0 Å². The van der Waals surface area contributed by atoms with Crippen LogP contribution in [0.1, 0.15) is 18.0 Å². The van der Waals surface area contributed by atoms with E-state index >= 15 is 0 Å². The van der Waals surface area contributed by atoms with Crippen molar-refractivity contribution in [3.8, 4) is 11.5 Å². The fourth-order valence-electron chi connectivity index (χ4n) is 3.61. The third kappa shape index (κ3) is 6.06. The molecule has 0 saturated carbocycles. The SMILES string of the molecule is C[NH+](C)CCCNC(=O)C(=O)NC[C@@H](c1ccc2c(c1)OCO2)[NH+]1CCOCC1. The zero-order valence-corrected chi connectivity index (χ0v) is 17.2. The predicted octanol–water partition coefficient (Wildman–Crippen LogP) is -2.86. The quantitative estimate of drug-likeness (QED) is 0.274. The Balaban J connectivity index is 1.58. The van der Waals surface area contributed by atoms with Gasteiger partial charge in [0.15, 0.2) is 11.5 Å². The monoisotopic (exact) mass is 408 g/mol. The molecule has 0 aromatic heterocycles. The van der Waals surface area contributed by atoms with Crippen LogP contribution < -0.4 is 29.9 Å². The van der Waals surface area contributed by atoms with Gasteiger partial charge in [-0.05, 0) is 18.2 Å². The predicted molar refractivity (Wildman–Crippen MR) is 105 cm³/mol. The summed E-state index contributed by atoms with van der Waals surface area (Å²) in [5, 5.41) is 5.49. The van der Waals surface area contributed by atoms with Gasteiger partial charge in [0.1, 0.15) is 19.1 Å². The minimum atomic E-state index is -0.597. The number of fused-ring (bicyclic) bond motifs is 1. The first-order valence-electron chi connectivity index (χ1n) is 10.2. The van der Waals surface area contributed by atoms with Crippen molar-refractivity contribution >= 4 is 11.8 Å². The number of benzene rings is 1. The van der Waals surface area contributed by atoms with E-state index in [2.05, 4.69) is 24.7 Å². The highest BCUT2D eigenvalue weighted by Gasteiger charge is 2.29. The van der Waals surface area contributed by atoms with Crippen LogP contribution in [0.25, 0.3) is 0 Å². The maximum Gasteiger partial charge on any atom is 0.309 e. The fraction of sp³-hybridized carbons (Fsp3) is 0.600. The lowest BCUT2D eigenvalue weighted by Crippen LogP contribution is -3.15. The summed E-state index contributed by atoms with van der Waals surface area (Å²) < 4.78 is 16.4. The van der Waals surface area contributed by atoms with E-state index in [0.29, 0.717) is 32.1 Å².